The summed E-state index contributed by atoms with van der Waals surface area (Å²) < 4.78 is 27.3. The van der Waals surface area contributed by atoms with Crippen LogP contribution in [-0.4, -0.2) is 24.9 Å². The van der Waals surface area contributed by atoms with Gasteiger partial charge in [0.2, 0.25) is 10.0 Å². The van der Waals surface area contributed by atoms with E-state index in [1.54, 1.807) is 24.5 Å². The predicted octanol–water partition coefficient (Wildman–Crippen LogP) is 1.67. The van der Waals surface area contributed by atoms with E-state index in [1.807, 2.05) is 0 Å². The molecule has 6 nitrogen and oxygen atoms in total. The van der Waals surface area contributed by atoms with Gasteiger partial charge in [0.25, 0.3) is 0 Å². The summed E-state index contributed by atoms with van der Waals surface area (Å²) in [6, 6.07) is 4.69. The Hall–Kier alpha value is -1.38. The Balaban J connectivity index is 1.95. The molecule has 2 rings (SSSR count). The maximum atomic E-state index is 12.1. The Morgan fingerprint density at radius 1 is 1.40 bits per heavy atom. The summed E-state index contributed by atoms with van der Waals surface area (Å²) >= 11 is 3.22. The highest BCUT2D eigenvalue weighted by molar-refractivity contribution is 9.10. The molecule has 0 unspecified atom stereocenters. The second-order valence-corrected chi connectivity index (χ2v) is 6.82. The second kappa shape index (κ2) is 6.38. The largest absolute Gasteiger partial charge is 0.399 e. The second-order valence-electron chi connectivity index (χ2n) is 4.23. The summed E-state index contributed by atoms with van der Waals surface area (Å²) in [5.74, 6) is 0.842. The van der Waals surface area contributed by atoms with Gasteiger partial charge in [0, 0.05) is 35.5 Å². The first-order chi connectivity index (χ1) is 9.49. The summed E-state index contributed by atoms with van der Waals surface area (Å²) in [6.45, 7) is 0.338. The van der Waals surface area contributed by atoms with Crippen molar-refractivity contribution in [2.24, 2.45) is 0 Å². The van der Waals surface area contributed by atoms with Gasteiger partial charge in [-0.1, -0.05) is 0 Å². The lowest BCUT2D eigenvalue weighted by molar-refractivity contribution is 0.578. The van der Waals surface area contributed by atoms with Gasteiger partial charge in [0.1, 0.15) is 5.82 Å². The Labute approximate surface area is 126 Å². The van der Waals surface area contributed by atoms with Crippen molar-refractivity contribution in [1.29, 1.82) is 0 Å². The molecule has 0 fully saturated rings. The summed E-state index contributed by atoms with van der Waals surface area (Å²) in [5, 5.41) is 0. The molecule has 0 amide bonds. The number of aryl methyl sites for hydroxylation is 1. The van der Waals surface area contributed by atoms with Crippen molar-refractivity contribution in [3.63, 3.8) is 0 Å². The molecule has 0 saturated carbocycles. The number of hydrogen-bond acceptors (Lipinski definition) is 4. The topological polar surface area (TPSA) is 101 Å². The van der Waals surface area contributed by atoms with Gasteiger partial charge in [0.15, 0.2) is 0 Å². The van der Waals surface area contributed by atoms with E-state index in [9.17, 15) is 8.42 Å². The van der Waals surface area contributed by atoms with E-state index < -0.39 is 10.0 Å². The average Bonchev–Trinajstić information content (AvgIpc) is 2.90. The smallest absolute Gasteiger partial charge is 0.241 e. The van der Waals surface area contributed by atoms with Crippen LogP contribution in [0.3, 0.4) is 0 Å². The quantitative estimate of drug-likeness (QED) is 0.539. The van der Waals surface area contributed by atoms with E-state index in [1.165, 1.54) is 6.07 Å². The van der Waals surface area contributed by atoms with Gasteiger partial charge in [-0.3, -0.25) is 0 Å². The highest BCUT2D eigenvalue weighted by atomic mass is 79.9. The molecule has 1 aromatic carbocycles. The molecule has 0 spiro atoms. The third-order valence-electron chi connectivity index (χ3n) is 2.68. The van der Waals surface area contributed by atoms with Gasteiger partial charge >= 0.3 is 0 Å². The van der Waals surface area contributed by atoms with Crippen molar-refractivity contribution >= 4 is 31.6 Å². The number of aromatic amines is 1. The minimum Gasteiger partial charge on any atom is -0.399 e. The maximum Gasteiger partial charge on any atom is 0.241 e. The molecule has 20 heavy (non-hydrogen) atoms. The van der Waals surface area contributed by atoms with Crippen LogP contribution in [0.5, 0.6) is 0 Å². The Kier molecular flexibility index (Phi) is 4.79. The van der Waals surface area contributed by atoms with E-state index in [-0.39, 0.29) is 4.90 Å². The highest BCUT2D eigenvalue weighted by Gasteiger charge is 2.17. The SMILES string of the molecule is Nc1ccc(Br)c(S(=O)(=O)NCCCc2ncc[nH]2)c1. The minimum absolute atomic E-state index is 0.149. The molecule has 2 aromatic rings. The number of hydrogen-bond donors (Lipinski definition) is 3. The zero-order valence-electron chi connectivity index (χ0n) is 10.6. The standard InChI is InChI=1S/C12H15BrN4O2S/c13-10-4-3-9(14)8-11(10)20(18,19)17-5-1-2-12-15-6-7-16-12/h3-4,6-8,17H,1-2,5,14H2,(H,15,16). The molecule has 108 valence electrons. The third kappa shape index (κ3) is 3.81. The number of benzene rings is 1. The number of anilines is 1. The van der Waals surface area contributed by atoms with Gasteiger partial charge < -0.3 is 10.7 Å². The fourth-order valence-corrected chi connectivity index (χ4v) is 3.77. The molecule has 8 heteroatoms. The number of sulfonamides is 1. The summed E-state index contributed by atoms with van der Waals surface area (Å²) in [5.41, 5.74) is 6.02. The molecule has 4 N–H and O–H groups in total. The Morgan fingerprint density at radius 3 is 2.90 bits per heavy atom. The monoisotopic (exact) mass is 358 g/mol. The fraction of sp³-hybridized carbons (Fsp3) is 0.250. The van der Waals surface area contributed by atoms with Gasteiger partial charge in [-0.25, -0.2) is 18.1 Å². The number of aromatic nitrogens is 2. The van der Waals surface area contributed by atoms with Crippen molar-refractivity contribution in [1.82, 2.24) is 14.7 Å². The molecule has 0 bridgehead atoms. The zero-order valence-corrected chi connectivity index (χ0v) is 13.0. The van der Waals surface area contributed by atoms with Crippen LogP contribution in [0.2, 0.25) is 0 Å². The number of nitrogens with zero attached hydrogens (tertiary/aromatic N) is 1. The third-order valence-corrected chi connectivity index (χ3v) is 5.14. The van der Waals surface area contributed by atoms with E-state index in [0.29, 0.717) is 29.5 Å². The average molecular weight is 359 g/mol. The first kappa shape index (κ1) is 15.0. The van der Waals surface area contributed by atoms with E-state index in [0.717, 1.165) is 5.82 Å². The van der Waals surface area contributed by atoms with E-state index in [4.69, 9.17) is 5.73 Å². The van der Waals surface area contributed by atoms with Crippen molar-refractivity contribution in [3.05, 3.63) is 40.9 Å². The summed E-state index contributed by atoms with van der Waals surface area (Å²) in [4.78, 5) is 7.20. The molecular weight excluding hydrogens is 344 g/mol. The number of halogens is 1. The molecule has 0 atom stereocenters. The highest BCUT2D eigenvalue weighted by Crippen LogP contribution is 2.23. The molecule has 0 radical (unpaired) electrons. The van der Waals surface area contributed by atoms with Crippen molar-refractivity contribution in [2.45, 2.75) is 17.7 Å². The number of imidazole rings is 1. The molecular formula is C12H15BrN4O2S. The van der Waals surface area contributed by atoms with E-state index in [2.05, 4.69) is 30.6 Å². The van der Waals surface area contributed by atoms with Crippen LogP contribution >= 0.6 is 15.9 Å². The van der Waals surface area contributed by atoms with Crippen LogP contribution in [0, 0.1) is 0 Å². The number of nitrogens with one attached hydrogen (secondary N) is 2. The van der Waals surface area contributed by atoms with Crippen LogP contribution in [-0.2, 0) is 16.4 Å². The summed E-state index contributed by atoms with van der Waals surface area (Å²) in [6.07, 6.45) is 4.76. The van der Waals surface area contributed by atoms with Crippen LogP contribution < -0.4 is 10.5 Å². The Morgan fingerprint density at radius 2 is 2.20 bits per heavy atom. The van der Waals surface area contributed by atoms with Gasteiger partial charge in [-0.05, 0) is 40.5 Å². The van der Waals surface area contributed by atoms with Crippen LogP contribution in [0.15, 0.2) is 40.0 Å². The van der Waals surface area contributed by atoms with Gasteiger partial charge in [-0.15, -0.1) is 0 Å². The Bertz CT molecular complexity index is 671. The molecule has 0 aliphatic heterocycles. The number of nitrogens with two attached hydrogens (primary N) is 1. The lowest BCUT2D eigenvalue weighted by atomic mass is 10.3. The molecule has 1 aromatic heterocycles. The van der Waals surface area contributed by atoms with Crippen molar-refractivity contribution < 1.29 is 8.42 Å². The number of rotatable bonds is 6. The molecule has 0 aliphatic rings. The number of H-pyrrole nitrogens is 1. The van der Waals surface area contributed by atoms with Crippen LogP contribution in [0.4, 0.5) is 5.69 Å². The normalized spacial score (nSPS) is 11.7. The first-order valence-electron chi connectivity index (χ1n) is 6.02. The van der Waals surface area contributed by atoms with Gasteiger partial charge in [-0.2, -0.15) is 0 Å². The van der Waals surface area contributed by atoms with E-state index >= 15 is 0 Å². The first-order valence-corrected chi connectivity index (χ1v) is 8.29. The van der Waals surface area contributed by atoms with Crippen LogP contribution in [0.1, 0.15) is 12.2 Å². The minimum atomic E-state index is -3.56. The maximum absolute atomic E-state index is 12.1. The fourth-order valence-electron chi connectivity index (χ4n) is 1.70. The van der Waals surface area contributed by atoms with Gasteiger partial charge in [0.05, 0.1) is 4.90 Å². The zero-order chi connectivity index (χ0) is 14.6. The predicted molar refractivity (Wildman–Crippen MR) is 80.7 cm³/mol. The molecule has 0 aliphatic carbocycles. The van der Waals surface area contributed by atoms with Crippen LogP contribution in [0.25, 0.3) is 0 Å². The number of nitrogen functional groups attached to an aromatic ring is 1. The molecule has 1 heterocycles. The van der Waals surface area contributed by atoms with Crippen molar-refractivity contribution in [2.75, 3.05) is 12.3 Å². The molecule has 0 saturated heterocycles. The van der Waals surface area contributed by atoms with Crippen molar-refractivity contribution in [3.8, 4) is 0 Å². The lowest BCUT2D eigenvalue weighted by Crippen LogP contribution is -2.25. The lowest BCUT2D eigenvalue weighted by Gasteiger charge is -2.09. The summed E-state index contributed by atoms with van der Waals surface area (Å²) in [7, 11) is -3.56.